The maximum Gasteiger partial charge on any atom is 0.407 e. The topological polar surface area (TPSA) is 58.6 Å². The zero-order valence-corrected chi connectivity index (χ0v) is 22.2. The highest BCUT2D eigenvalue weighted by atomic mass is 16.5. The molecule has 0 saturated carbocycles. The summed E-state index contributed by atoms with van der Waals surface area (Å²) >= 11 is 0. The van der Waals surface area contributed by atoms with Crippen LogP contribution in [0, 0.1) is 0 Å². The van der Waals surface area contributed by atoms with Crippen molar-refractivity contribution in [3.63, 3.8) is 0 Å². The SMILES string of the molecule is CC(C)(C)c1cc(C=CCNC(=O)OCC2c3ccccc3-c3ccccc32)cc(C(C)(C)C)c1O. The van der Waals surface area contributed by atoms with Crippen molar-refractivity contribution in [2.24, 2.45) is 0 Å². The number of rotatable bonds is 5. The Morgan fingerprint density at radius 3 is 1.89 bits per heavy atom. The van der Waals surface area contributed by atoms with Gasteiger partial charge in [0, 0.05) is 23.6 Å². The number of phenolic OH excluding ortho intramolecular Hbond substituents is 1. The van der Waals surface area contributed by atoms with Gasteiger partial charge in [0.25, 0.3) is 0 Å². The predicted molar refractivity (Wildman–Crippen MR) is 148 cm³/mol. The maximum atomic E-state index is 12.5. The molecule has 1 amide bonds. The standard InChI is InChI=1S/C32H37NO3/c1-31(2,3)27-18-21(19-28(29(27)34)32(4,5)6)12-11-17-33-30(35)36-20-26-24-15-9-7-13-22(24)23-14-8-10-16-25(23)26/h7-16,18-19,26,34H,17,20H2,1-6H3,(H,33,35). The number of nitrogens with one attached hydrogen (secondary N) is 1. The van der Waals surface area contributed by atoms with Crippen LogP contribution in [-0.4, -0.2) is 24.4 Å². The van der Waals surface area contributed by atoms with Crippen molar-refractivity contribution >= 4 is 12.2 Å². The molecule has 0 aliphatic heterocycles. The van der Waals surface area contributed by atoms with E-state index in [4.69, 9.17) is 4.74 Å². The van der Waals surface area contributed by atoms with Crippen LogP contribution in [0.1, 0.15) is 75.3 Å². The molecule has 3 aromatic rings. The Bertz CT molecular complexity index is 1210. The summed E-state index contributed by atoms with van der Waals surface area (Å²) in [7, 11) is 0. The summed E-state index contributed by atoms with van der Waals surface area (Å²) in [5.41, 5.74) is 7.27. The van der Waals surface area contributed by atoms with E-state index in [0.717, 1.165) is 16.7 Å². The first kappa shape index (κ1) is 25.6. The van der Waals surface area contributed by atoms with Crippen LogP contribution >= 0.6 is 0 Å². The Morgan fingerprint density at radius 2 is 1.39 bits per heavy atom. The zero-order chi connectivity index (χ0) is 26.1. The summed E-state index contributed by atoms with van der Waals surface area (Å²) in [5.74, 6) is 0.409. The molecule has 4 nitrogen and oxygen atoms in total. The Balaban J connectivity index is 1.39. The summed E-state index contributed by atoms with van der Waals surface area (Å²) in [5, 5.41) is 13.7. The zero-order valence-electron chi connectivity index (χ0n) is 22.2. The molecule has 4 rings (SSSR count). The van der Waals surface area contributed by atoms with Gasteiger partial charge in [-0.1, -0.05) is 102 Å². The number of carbonyl (C=O) groups excluding carboxylic acids is 1. The van der Waals surface area contributed by atoms with E-state index in [1.807, 2.05) is 48.6 Å². The lowest BCUT2D eigenvalue weighted by molar-refractivity contribution is 0.144. The molecule has 0 atom stereocenters. The molecule has 0 unspecified atom stereocenters. The first-order valence-corrected chi connectivity index (χ1v) is 12.6. The number of fused-ring (bicyclic) bond motifs is 3. The van der Waals surface area contributed by atoms with Crippen molar-refractivity contribution in [1.82, 2.24) is 5.32 Å². The molecule has 0 fully saturated rings. The van der Waals surface area contributed by atoms with Gasteiger partial charge in [-0.25, -0.2) is 4.79 Å². The van der Waals surface area contributed by atoms with Crippen LogP contribution in [0.5, 0.6) is 5.75 Å². The summed E-state index contributed by atoms with van der Waals surface area (Å²) < 4.78 is 5.62. The van der Waals surface area contributed by atoms with E-state index in [2.05, 4.69) is 71.1 Å². The number of aromatic hydroxyl groups is 1. The molecule has 0 saturated heterocycles. The number of alkyl carbamates (subject to hydrolysis) is 1. The van der Waals surface area contributed by atoms with Crippen molar-refractivity contribution in [2.75, 3.05) is 13.2 Å². The highest BCUT2D eigenvalue weighted by Gasteiger charge is 2.29. The average Bonchev–Trinajstić information content (AvgIpc) is 3.13. The first-order valence-electron chi connectivity index (χ1n) is 12.6. The number of carbonyl (C=O) groups is 1. The normalized spacial score (nSPS) is 13.5. The van der Waals surface area contributed by atoms with Gasteiger partial charge in [-0.2, -0.15) is 0 Å². The monoisotopic (exact) mass is 483 g/mol. The summed E-state index contributed by atoms with van der Waals surface area (Å²) in [4.78, 5) is 12.5. The van der Waals surface area contributed by atoms with Gasteiger partial charge < -0.3 is 15.2 Å². The molecular formula is C32H37NO3. The lowest BCUT2D eigenvalue weighted by Gasteiger charge is -2.27. The Kier molecular flexibility index (Phi) is 6.99. The molecule has 0 spiro atoms. The molecule has 3 aromatic carbocycles. The van der Waals surface area contributed by atoms with Gasteiger partial charge in [-0.3, -0.25) is 0 Å². The first-order chi connectivity index (χ1) is 17.0. The molecule has 0 radical (unpaired) electrons. The summed E-state index contributed by atoms with van der Waals surface area (Å²) in [6.07, 6.45) is 3.46. The highest BCUT2D eigenvalue weighted by molar-refractivity contribution is 5.79. The average molecular weight is 484 g/mol. The van der Waals surface area contributed by atoms with Crippen molar-refractivity contribution in [1.29, 1.82) is 0 Å². The maximum absolute atomic E-state index is 12.5. The molecular weight excluding hydrogens is 446 g/mol. The van der Waals surface area contributed by atoms with Crippen LogP contribution in [0.25, 0.3) is 17.2 Å². The Morgan fingerprint density at radius 1 is 0.889 bits per heavy atom. The van der Waals surface area contributed by atoms with Gasteiger partial charge >= 0.3 is 6.09 Å². The largest absolute Gasteiger partial charge is 0.507 e. The second kappa shape index (κ2) is 9.85. The molecule has 1 aliphatic rings. The third-order valence-electron chi connectivity index (χ3n) is 6.77. The Labute approximate surface area is 215 Å². The third-order valence-corrected chi connectivity index (χ3v) is 6.77. The molecule has 2 N–H and O–H groups in total. The van der Waals surface area contributed by atoms with Gasteiger partial charge in [0.1, 0.15) is 12.4 Å². The van der Waals surface area contributed by atoms with Gasteiger partial charge in [-0.05, 0) is 50.8 Å². The number of benzene rings is 3. The van der Waals surface area contributed by atoms with Crippen LogP contribution < -0.4 is 5.32 Å². The number of ether oxygens (including phenoxy) is 1. The van der Waals surface area contributed by atoms with Crippen LogP contribution in [0.2, 0.25) is 0 Å². The van der Waals surface area contributed by atoms with E-state index in [1.54, 1.807) is 0 Å². The molecule has 1 aliphatic carbocycles. The minimum atomic E-state index is -0.432. The quantitative estimate of drug-likeness (QED) is 0.394. The molecule has 0 bridgehead atoms. The molecule has 4 heteroatoms. The number of hydrogen-bond donors (Lipinski definition) is 2. The second-order valence-corrected chi connectivity index (χ2v) is 11.6. The van der Waals surface area contributed by atoms with Crippen molar-refractivity contribution in [3.05, 3.63) is 94.6 Å². The summed E-state index contributed by atoms with van der Waals surface area (Å²) in [6.45, 7) is 13.2. The minimum Gasteiger partial charge on any atom is -0.507 e. The highest BCUT2D eigenvalue weighted by Crippen LogP contribution is 2.44. The van der Waals surface area contributed by atoms with Gasteiger partial charge in [0.15, 0.2) is 0 Å². The molecule has 0 aromatic heterocycles. The van der Waals surface area contributed by atoms with E-state index in [-0.39, 0.29) is 16.7 Å². The van der Waals surface area contributed by atoms with Crippen LogP contribution in [0.3, 0.4) is 0 Å². The predicted octanol–water partition coefficient (Wildman–Crippen LogP) is 7.54. The van der Waals surface area contributed by atoms with Crippen LogP contribution in [0.15, 0.2) is 66.7 Å². The number of hydrogen-bond acceptors (Lipinski definition) is 3. The molecule has 36 heavy (non-hydrogen) atoms. The fourth-order valence-corrected chi connectivity index (χ4v) is 4.88. The van der Waals surface area contributed by atoms with Crippen molar-refractivity contribution < 1.29 is 14.6 Å². The number of phenols is 1. The third kappa shape index (κ3) is 5.33. The van der Waals surface area contributed by atoms with Crippen molar-refractivity contribution in [2.45, 2.75) is 58.3 Å². The minimum absolute atomic E-state index is 0.0438. The van der Waals surface area contributed by atoms with E-state index in [9.17, 15) is 9.90 Å². The van der Waals surface area contributed by atoms with Gasteiger partial charge in [0.05, 0.1) is 0 Å². The van der Waals surface area contributed by atoms with E-state index < -0.39 is 6.09 Å². The second-order valence-electron chi connectivity index (χ2n) is 11.6. The van der Waals surface area contributed by atoms with E-state index >= 15 is 0 Å². The van der Waals surface area contributed by atoms with Gasteiger partial charge in [0.2, 0.25) is 0 Å². The van der Waals surface area contributed by atoms with Gasteiger partial charge in [-0.15, -0.1) is 0 Å². The van der Waals surface area contributed by atoms with E-state index in [1.165, 1.54) is 22.3 Å². The van der Waals surface area contributed by atoms with E-state index in [0.29, 0.717) is 18.9 Å². The number of amides is 1. The lowest BCUT2D eigenvalue weighted by Crippen LogP contribution is -2.26. The molecule has 188 valence electrons. The Hall–Kier alpha value is -3.53. The fourth-order valence-electron chi connectivity index (χ4n) is 4.88. The van der Waals surface area contributed by atoms with Crippen LogP contribution in [-0.2, 0) is 15.6 Å². The summed E-state index contributed by atoms with van der Waals surface area (Å²) in [6, 6.07) is 20.7. The van der Waals surface area contributed by atoms with Crippen molar-refractivity contribution in [3.8, 4) is 16.9 Å². The van der Waals surface area contributed by atoms with Crippen LogP contribution in [0.4, 0.5) is 4.79 Å². The lowest BCUT2D eigenvalue weighted by atomic mass is 9.78. The molecule has 0 heterocycles. The fraction of sp³-hybridized carbons (Fsp3) is 0.344. The smallest absolute Gasteiger partial charge is 0.407 e.